The smallest absolute Gasteiger partial charge is 0.313 e. The lowest BCUT2D eigenvalue weighted by Crippen LogP contribution is -1.97. The Labute approximate surface area is 118 Å². The van der Waals surface area contributed by atoms with Crippen molar-refractivity contribution >= 4 is 18.6 Å². The topological polar surface area (TPSA) is 63.3 Å². The van der Waals surface area contributed by atoms with E-state index in [1.807, 2.05) is 0 Å². The van der Waals surface area contributed by atoms with Gasteiger partial charge in [0, 0.05) is 0 Å². The summed E-state index contributed by atoms with van der Waals surface area (Å²) in [5, 5.41) is 7.65. The van der Waals surface area contributed by atoms with E-state index in [2.05, 4.69) is 19.6 Å². The highest BCUT2D eigenvalue weighted by molar-refractivity contribution is 7.81. The first-order valence-electron chi connectivity index (χ1n) is 7.21. The highest BCUT2D eigenvalue weighted by Gasteiger charge is 1.91. The molecule has 110 valence electrons. The lowest BCUT2D eigenvalue weighted by atomic mass is 10.1. The van der Waals surface area contributed by atoms with Gasteiger partial charge < -0.3 is 10.8 Å². The Morgan fingerprint density at radius 3 is 1.56 bits per heavy atom. The standard InChI is InChI=1S/C12H27N.C2H4O2S/c1-2-3-4-5-6-7-8-9-10-11-12-13;3-2(4)1-5/h2-13H2,1H3;5H,1H2,(H,3,4). The van der Waals surface area contributed by atoms with Crippen LogP contribution in [0.5, 0.6) is 0 Å². The molecule has 0 fully saturated rings. The zero-order chi connectivity index (χ0) is 14.1. The van der Waals surface area contributed by atoms with Gasteiger partial charge in [-0.15, -0.1) is 0 Å². The van der Waals surface area contributed by atoms with Crippen molar-refractivity contribution in [2.24, 2.45) is 5.73 Å². The van der Waals surface area contributed by atoms with E-state index in [1.165, 1.54) is 64.2 Å². The highest BCUT2D eigenvalue weighted by Crippen LogP contribution is 2.09. The maximum atomic E-state index is 9.29. The third-order valence-corrected chi connectivity index (χ3v) is 2.96. The van der Waals surface area contributed by atoms with Crippen LogP contribution in [0.15, 0.2) is 0 Å². The Morgan fingerprint density at radius 2 is 1.28 bits per heavy atom. The first-order valence-corrected chi connectivity index (χ1v) is 7.85. The summed E-state index contributed by atoms with van der Waals surface area (Å²) in [5.41, 5.74) is 5.42. The summed E-state index contributed by atoms with van der Waals surface area (Å²) in [4.78, 5) is 9.29. The Morgan fingerprint density at radius 1 is 0.944 bits per heavy atom. The van der Waals surface area contributed by atoms with Crippen molar-refractivity contribution in [1.29, 1.82) is 0 Å². The van der Waals surface area contributed by atoms with Crippen LogP contribution in [-0.4, -0.2) is 23.4 Å². The minimum absolute atomic E-state index is 0.0833. The Kier molecular flexibility index (Phi) is 21.4. The van der Waals surface area contributed by atoms with Crippen molar-refractivity contribution < 1.29 is 9.90 Å². The zero-order valence-corrected chi connectivity index (χ0v) is 12.8. The molecule has 0 atom stereocenters. The lowest BCUT2D eigenvalue weighted by Gasteiger charge is -2.00. The van der Waals surface area contributed by atoms with Crippen molar-refractivity contribution in [3.8, 4) is 0 Å². The molecule has 0 saturated carbocycles. The van der Waals surface area contributed by atoms with Crippen molar-refractivity contribution in [2.45, 2.75) is 71.1 Å². The minimum Gasteiger partial charge on any atom is -0.481 e. The van der Waals surface area contributed by atoms with E-state index >= 15 is 0 Å². The average Bonchev–Trinajstić information content (AvgIpc) is 2.37. The number of carbonyl (C=O) groups is 1. The van der Waals surface area contributed by atoms with Gasteiger partial charge in [-0.1, -0.05) is 64.7 Å². The predicted molar refractivity (Wildman–Crippen MR) is 82.4 cm³/mol. The van der Waals surface area contributed by atoms with Crippen LogP contribution in [0.4, 0.5) is 0 Å². The molecule has 0 spiro atoms. The second-order valence-electron chi connectivity index (χ2n) is 4.52. The number of aliphatic carboxylic acids is 1. The van der Waals surface area contributed by atoms with Crippen LogP contribution in [0, 0.1) is 0 Å². The Balaban J connectivity index is 0. The molecule has 0 aromatic carbocycles. The molecule has 0 aromatic heterocycles. The second kappa shape index (κ2) is 19.1. The fourth-order valence-corrected chi connectivity index (χ4v) is 1.63. The molecule has 0 amide bonds. The molecule has 18 heavy (non-hydrogen) atoms. The van der Waals surface area contributed by atoms with Gasteiger partial charge in [-0.2, -0.15) is 12.6 Å². The maximum absolute atomic E-state index is 9.29. The van der Waals surface area contributed by atoms with Gasteiger partial charge in [-0.25, -0.2) is 0 Å². The number of hydrogen-bond acceptors (Lipinski definition) is 3. The van der Waals surface area contributed by atoms with Crippen LogP contribution >= 0.6 is 12.6 Å². The summed E-state index contributed by atoms with van der Waals surface area (Å²) in [6.07, 6.45) is 13.9. The number of nitrogens with two attached hydrogens (primary N) is 1. The number of hydrogen-bond donors (Lipinski definition) is 3. The number of thiol groups is 1. The molecule has 0 aromatic rings. The van der Waals surface area contributed by atoms with Crippen molar-refractivity contribution in [1.82, 2.24) is 0 Å². The number of unbranched alkanes of at least 4 members (excludes halogenated alkanes) is 9. The molecule has 0 unspecified atom stereocenters. The van der Waals surface area contributed by atoms with E-state index in [1.54, 1.807) is 0 Å². The molecule has 0 aliphatic heterocycles. The quantitative estimate of drug-likeness (QED) is 0.397. The third-order valence-electron chi connectivity index (χ3n) is 2.69. The van der Waals surface area contributed by atoms with Crippen molar-refractivity contribution in [3.05, 3.63) is 0 Å². The molecule has 3 nitrogen and oxygen atoms in total. The number of carboxylic acids is 1. The van der Waals surface area contributed by atoms with E-state index in [9.17, 15) is 4.79 Å². The van der Waals surface area contributed by atoms with E-state index in [4.69, 9.17) is 10.8 Å². The van der Waals surface area contributed by atoms with E-state index < -0.39 is 5.97 Å². The number of carboxylic acid groups (broad SMARTS) is 1. The minimum atomic E-state index is -0.881. The summed E-state index contributed by atoms with van der Waals surface area (Å²) in [6, 6.07) is 0. The average molecular weight is 277 g/mol. The maximum Gasteiger partial charge on any atom is 0.313 e. The van der Waals surface area contributed by atoms with Crippen LogP contribution in [-0.2, 0) is 4.79 Å². The van der Waals surface area contributed by atoms with Gasteiger partial charge in [-0.05, 0) is 13.0 Å². The van der Waals surface area contributed by atoms with E-state index in [0.29, 0.717) is 0 Å². The fraction of sp³-hybridized carbons (Fsp3) is 0.929. The molecular formula is C14H31NO2S. The summed E-state index contributed by atoms with van der Waals surface area (Å²) >= 11 is 3.42. The van der Waals surface area contributed by atoms with Crippen molar-refractivity contribution in [2.75, 3.05) is 12.3 Å². The molecular weight excluding hydrogens is 246 g/mol. The molecule has 4 heteroatoms. The normalized spacial score (nSPS) is 9.72. The second-order valence-corrected chi connectivity index (χ2v) is 4.84. The highest BCUT2D eigenvalue weighted by atomic mass is 32.1. The van der Waals surface area contributed by atoms with Gasteiger partial charge >= 0.3 is 5.97 Å². The van der Waals surface area contributed by atoms with Crippen LogP contribution in [0.3, 0.4) is 0 Å². The van der Waals surface area contributed by atoms with Gasteiger partial charge in [-0.3, -0.25) is 4.79 Å². The first kappa shape index (κ1) is 20.1. The molecule has 0 aliphatic rings. The number of rotatable bonds is 11. The molecule has 0 radical (unpaired) electrons. The molecule has 0 rings (SSSR count). The van der Waals surface area contributed by atoms with Gasteiger partial charge in [0.1, 0.15) is 0 Å². The van der Waals surface area contributed by atoms with Crippen LogP contribution in [0.25, 0.3) is 0 Å². The largest absolute Gasteiger partial charge is 0.481 e. The molecule has 0 saturated heterocycles. The molecule has 3 N–H and O–H groups in total. The van der Waals surface area contributed by atoms with E-state index in [-0.39, 0.29) is 5.75 Å². The summed E-state index contributed by atoms with van der Waals surface area (Å²) in [6.45, 7) is 3.14. The lowest BCUT2D eigenvalue weighted by molar-refractivity contribution is -0.133. The van der Waals surface area contributed by atoms with Gasteiger partial charge in [0.05, 0.1) is 5.75 Å². The van der Waals surface area contributed by atoms with E-state index in [0.717, 1.165) is 6.54 Å². The van der Waals surface area contributed by atoms with Gasteiger partial charge in [0.2, 0.25) is 0 Å². The van der Waals surface area contributed by atoms with Crippen LogP contribution < -0.4 is 5.73 Å². The fourth-order valence-electron chi connectivity index (χ4n) is 1.63. The molecule has 0 bridgehead atoms. The summed E-state index contributed by atoms with van der Waals surface area (Å²) in [7, 11) is 0. The van der Waals surface area contributed by atoms with Crippen molar-refractivity contribution in [3.63, 3.8) is 0 Å². The summed E-state index contributed by atoms with van der Waals surface area (Å²) < 4.78 is 0. The van der Waals surface area contributed by atoms with Gasteiger partial charge in [0.15, 0.2) is 0 Å². The third kappa shape index (κ3) is 24.8. The van der Waals surface area contributed by atoms with Crippen LogP contribution in [0.2, 0.25) is 0 Å². The zero-order valence-electron chi connectivity index (χ0n) is 11.9. The monoisotopic (exact) mass is 277 g/mol. The Bertz CT molecular complexity index is 156. The molecule has 0 heterocycles. The molecule has 0 aliphatic carbocycles. The summed E-state index contributed by atoms with van der Waals surface area (Å²) in [5.74, 6) is -0.965. The van der Waals surface area contributed by atoms with Crippen LogP contribution in [0.1, 0.15) is 71.1 Å². The Hall–Kier alpha value is -0.220. The SMILES string of the molecule is CCCCCCCCCCCCN.O=C(O)CS. The van der Waals surface area contributed by atoms with Gasteiger partial charge in [0.25, 0.3) is 0 Å². The first-order chi connectivity index (χ1) is 8.68. The predicted octanol–water partition coefficient (Wildman–Crippen LogP) is 3.87.